The van der Waals surface area contributed by atoms with E-state index in [9.17, 15) is 18.3 Å². The molecule has 1 aromatic carbocycles. The van der Waals surface area contributed by atoms with Gasteiger partial charge in [0.05, 0.1) is 28.0 Å². The van der Waals surface area contributed by atoms with Gasteiger partial charge in [-0.05, 0) is 39.7 Å². The SMILES string of the molecule is CC1CC(O)(c2ccc(C(F)(F)F)nc2)CC(COc2cc(Cl)c3c(c2)ncn3C(C)C)N1. The minimum atomic E-state index is -4.52. The molecule has 2 aromatic heterocycles. The van der Waals surface area contributed by atoms with E-state index in [0.717, 1.165) is 23.3 Å². The van der Waals surface area contributed by atoms with E-state index in [1.54, 1.807) is 12.4 Å². The average molecular weight is 483 g/mol. The molecule has 178 valence electrons. The van der Waals surface area contributed by atoms with Crippen LogP contribution in [0.15, 0.2) is 36.8 Å². The van der Waals surface area contributed by atoms with Crippen LogP contribution < -0.4 is 10.1 Å². The summed E-state index contributed by atoms with van der Waals surface area (Å²) in [6, 6.07) is 5.66. The Balaban J connectivity index is 1.49. The van der Waals surface area contributed by atoms with E-state index in [1.165, 1.54) is 6.07 Å². The van der Waals surface area contributed by atoms with Gasteiger partial charge in [-0.2, -0.15) is 13.2 Å². The van der Waals surface area contributed by atoms with Crippen molar-refractivity contribution >= 4 is 22.6 Å². The molecule has 4 rings (SSSR count). The molecule has 3 heterocycles. The number of nitrogens with one attached hydrogen (secondary N) is 1. The van der Waals surface area contributed by atoms with E-state index in [0.29, 0.717) is 22.8 Å². The first kappa shape index (κ1) is 23.8. The quantitative estimate of drug-likeness (QED) is 0.530. The molecule has 0 aliphatic carbocycles. The number of imidazole rings is 1. The van der Waals surface area contributed by atoms with E-state index in [4.69, 9.17) is 16.3 Å². The van der Waals surface area contributed by atoms with Gasteiger partial charge in [0.1, 0.15) is 18.1 Å². The number of hydrogen-bond acceptors (Lipinski definition) is 5. The van der Waals surface area contributed by atoms with Crippen molar-refractivity contribution in [3.63, 3.8) is 0 Å². The first-order valence-electron chi connectivity index (χ1n) is 10.8. The number of benzene rings is 1. The van der Waals surface area contributed by atoms with Crippen molar-refractivity contribution in [1.29, 1.82) is 0 Å². The van der Waals surface area contributed by atoms with Crippen molar-refractivity contribution in [1.82, 2.24) is 19.9 Å². The van der Waals surface area contributed by atoms with Crippen molar-refractivity contribution in [2.45, 2.75) is 63.5 Å². The lowest BCUT2D eigenvalue weighted by Crippen LogP contribution is -2.53. The zero-order chi connectivity index (χ0) is 24.0. The lowest BCUT2D eigenvalue weighted by atomic mass is 9.79. The smallest absolute Gasteiger partial charge is 0.433 e. The maximum atomic E-state index is 12.8. The predicted molar refractivity (Wildman–Crippen MR) is 119 cm³/mol. The first-order chi connectivity index (χ1) is 15.5. The van der Waals surface area contributed by atoms with Gasteiger partial charge in [0, 0.05) is 42.0 Å². The van der Waals surface area contributed by atoms with E-state index < -0.39 is 17.5 Å². The summed E-state index contributed by atoms with van der Waals surface area (Å²) >= 11 is 6.48. The summed E-state index contributed by atoms with van der Waals surface area (Å²) in [6.07, 6.45) is -1.05. The molecule has 0 bridgehead atoms. The summed E-state index contributed by atoms with van der Waals surface area (Å²) < 4.78 is 46.5. The molecule has 0 radical (unpaired) electrons. The fourth-order valence-corrected chi connectivity index (χ4v) is 4.77. The third kappa shape index (κ3) is 4.95. The molecule has 0 amide bonds. The largest absolute Gasteiger partial charge is 0.492 e. The number of rotatable bonds is 5. The fraction of sp³-hybridized carbons (Fsp3) is 0.478. The topological polar surface area (TPSA) is 72.2 Å². The third-order valence-corrected chi connectivity index (χ3v) is 6.23. The summed E-state index contributed by atoms with van der Waals surface area (Å²) in [7, 11) is 0. The van der Waals surface area contributed by atoms with Crippen LogP contribution in [0.5, 0.6) is 5.75 Å². The normalized spacial score (nSPS) is 23.9. The first-order valence-corrected chi connectivity index (χ1v) is 11.1. The molecule has 1 fully saturated rings. The average Bonchev–Trinajstić information content (AvgIpc) is 3.16. The molecular weight excluding hydrogens is 457 g/mol. The highest BCUT2D eigenvalue weighted by Gasteiger charge is 2.40. The molecule has 3 atom stereocenters. The summed E-state index contributed by atoms with van der Waals surface area (Å²) in [5.41, 5.74) is -0.370. The second kappa shape index (κ2) is 8.77. The number of nitrogens with zero attached hydrogens (tertiary/aromatic N) is 3. The third-order valence-electron chi connectivity index (χ3n) is 5.94. The number of hydrogen-bond donors (Lipinski definition) is 2. The molecule has 2 N–H and O–H groups in total. The Kier molecular flexibility index (Phi) is 6.32. The van der Waals surface area contributed by atoms with E-state index in [2.05, 4.69) is 15.3 Å². The molecule has 33 heavy (non-hydrogen) atoms. The monoisotopic (exact) mass is 482 g/mol. The second-order valence-electron chi connectivity index (χ2n) is 8.96. The Morgan fingerprint density at radius 2 is 2.03 bits per heavy atom. The number of piperidine rings is 1. The number of alkyl halides is 3. The zero-order valence-corrected chi connectivity index (χ0v) is 19.3. The molecule has 3 unspecified atom stereocenters. The maximum Gasteiger partial charge on any atom is 0.433 e. The molecule has 0 saturated carbocycles. The van der Waals surface area contributed by atoms with Crippen molar-refractivity contribution in [3.05, 3.63) is 53.1 Å². The summed E-state index contributed by atoms with van der Waals surface area (Å²) in [6.45, 7) is 6.25. The van der Waals surface area contributed by atoms with Crippen molar-refractivity contribution in [2.24, 2.45) is 0 Å². The second-order valence-corrected chi connectivity index (χ2v) is 9.37. The van der Waals surface area contributed by atoms with Crippen LogP contribution in [0, 0.1) is 0 Å². The Hall–Kier alpha value is -2.36. The maximum absolute atomic E-state index is 12.8. The Bertz CT molecular complexity index is 1130. The number of ether oxygens (including phenoxy) is 1. The van der Waals surface area contributed by atoms with E-state index in [-0.39, 0.29) is 31.2 Å². The lowest BCUT2D eigenvalue weighted by molar-refractivity contribution is -0.141. The molecule has 1 aliphatic heterocycles. The van der Waals surface area contributed by atoms with E-state index in [1.807, 2.05) is 31.4 Å². The minimum Gasteiger partial charge on any atom is -0.492 e. The van der Waals surface area contributed by atoms with Gasteiger partial charge in [0.2, 0.25) is 0 Å². The molecule has 0 spiro atoms. The standard InChI is InChI=1S/C23H26ClF3N4O2/c1-13(2)31-12-29-19-7-17(6-18(24)21(19)31)33-11-16-9-22(32,8-14(3)30-16)15-4-5-20(28-10-15)23(25,26)27/h4-7,10,12-14,16,30,32H,8-9,11H2,1-3H3. The van der Waals surface area contributed by atoms with Gasteiger partial charge >= 0.3 is 6.18 Å². The van der Waals surface area contributed by atoms with Crippen molar-refractivity contribution in [2.75, 3.05) is 6.61 Å². The van der Waals surface area contributed by atoms with E-state index >= 15 is 0 Å². The van der Waals surface area contributed by atoms with Gasteiger partial charge in [-0.3, -0.25) is 4.98 Å². The molecular formula is C23H26ClF3N4O2. The number of aromatic nitrogens is 3. The predicted octanol–water partition coefficient (Wildman–Crippen LogP) is 5.09. The summed E-state index contributed by atoms with van der Waals surface area (Å²) in [5.74, 6) is 0.557. The Morgan fingerprint density at radius 1 is 1.27 bits per heavy atom. The summed E-state index contributed by atoms with van der Waals surface area (Å²) in [5, 5.41) is 15.2. The van der Waals surface area contributed by atoms with Crippen LogP contribution >= 0.6 is 11.6 Å². The minimum absolute atomic E-state index is 0.0764. The molecule has 1 saturated heterocycles. The van der Waals surface area contributed by atoms with Crippen LogP contribution in [-0.4, -0.2) is 38.3 Å². The zero-order valence-electron chi connectivity index (χ0n) is 18.5. The fourth-order valence-electron chi connectivity index (χ4n) is 4.47. The summed E-state index contributed by atoms with van der Waals surface area (Å²) in [4.78, 5) is 7.92. The highest BCUT2D eigenvalue weighted by atomic mass is 35.5. The van der Waals surface area contributed by atoms with Gasteiger partial charge < -0.3 is 19.7 Å². The highest BCUT2D eigenvalue weighted by molar-refractivity contribution is 6.35. The van der Waals surface area contributed by atoms with Gasteiger partial charge in [-0.1, -0.05) is 17.7 Å². The lowest BCUT2D eigenvalue weighted by Gasteiger charge is -2.41. The Labute approximate surface area is 194 Å². The highest BCUT2D eigenvalue weighted by Crippen LogP contribution is 2.37. The van der Waals surface area contributed by atoms with Gasteiger partial charge in [0.15, 0.2) is 0 Å². The van der Waals surface area contributed by atoms with Crippen LogP contribution in [0.4, 0.5) is 13.2 Å². The number of aliphatic hydroxyl groups is 1. The number of halogens is 4. The number of pyridine rings is 1. The molecule has 3 aromatic rings. The molecule has 10 heteroatoms. The number of fused-ring (bicyclic) bond motifs is 1. The molecule has 1 aliphatic rings. The van der Waals surface area contributed by atoms with Crippen molar-refractivity contribution < 1.29 is 23.0 Å². The molecule has 6 nitrogen and oxygen atoms in total. The van der Waals surface area contributed by atoms with Crippen LogP contribution in [0.2, 0.25) is 5.02 Å². The Morgan fingerprint density at radius 3 is 2.67 bits per heavy atom. The van der Waals surface area contributed by atoms with Crippen LogP contribution in [0.3, 0.4) is 0 Å². The van der Waals surface area contributed by atoms with Crippen LogP contribution in [0.1, 0.15) is 50.9 Å². The van der Waals surface area contributed by atoms with Crippen LogP contribution in [-0.2, 0) is 11.8 Å². The van der Waals surface area contributed by atoms with Crippen molar-refractivity contribution in [3.8, 4) is 5.75 Å². The van der Waals surface area contributed by atoms with Gasteiger partial charge in [-0.15, -0.1) is 0 Å². The van der Waals surface area contributed by atoms with Gasteiger partial charge in [0.25, 0.3) is 0 Å². The van der Waals surface area contributed by atoms with Crippen LogP contribution in [0.25, 0.3) is 11.0 Å². The van der Waals surface area contributed by atoms with Gasteiger partial charge in [-0.25, -0.2) is 4.98 Å².